The second kappa shape index (κ2) is 5.47. The minimum Gasteiger partial charge on any atom is -0.380 e. The van der Waals surface area contributed by atoms with Gasteiger partial charge in [0.2, 0.25) is 0 Å². The van der Waals surface area contributed by atoms with Gasteiger partial charge >= 0.3 is 0 Å². The number of imidazole rings is 1. The van der Waals surface area contributed by atoms with Gasteiger partial charge in [0.1, 0.15) is 11.3 Å². The molecule has 0 spiro atoms. The number of alkyl halides is 1. The Hall–Kier alpha value is -1.13. The van der Waals surface area contributed by atoms with Gasteiger partial charge in [0.15, 0.2) is 5.65 Å². The molecule has 0 unspecified atom stereocenters. The highest BCUT2D eigenvalue weighted by Gasteiger charge is 2.10. The van der Waals surface area contributed by atoms with Crippen molar-refractivity contribution in [1.29, 1.82) is 0 Å². The molecule has 0 N–H and O–H groups in total. The topological polar surface area (TPSA) is 39.9 Å². The van der Waals surface area contributed by atoms with Crippen molar-refractivity contribution in [3.05, 3.63) is 23.7 Å². The summed E-state index contributed by atoms with van der Waals surface area (Å²) < 4.78 is 7.40. The fourth-order valence-corrected chi connectivity index (χ4v) is 1.98. The molecule has 0 aliphatic rings. The van der Waals surface area contributed by atoms with Crippen LogP contribution in [0, 0.1) is 6.92 Å². The molecule has 0 aliphatic heterocycles. The van der Waals surface area contributed by atoms with Gasteiger partial charge in [-0.1, -0.05) is 0 Å². The van der Waals surface area contributed by atoms with E-state index in [9.17, 15) is 0 Å². The van der Waals surface area contributed by atoms with E-state index in [1.54, 1.807) is 0 Å². The zero-order valence-corrected chi connectivity index (χ0v) is 10.9. The third-order valence-electron chi connectivity index (χ3n) is 2.59. The van der Waals surface area contributed by atoms with Crippen LogP contribution in [0.15, 0.2) is 12.1 Å². The van der Waals surface area contributed by atoms with E-state index in [1.165, 1.54) is 0 Å². The summed E-state index contributed by atoms with van der Waals surface area (Å²) in [6.45, 7) is 6.07. The van der Waals surface area contributed by atoms with Gasteiger partial charge in [-0.15, -0.1) is 11.6 Å². The van der Waals surface area contributed by atoms with Gasteiger partial charge in [-0.3, -0.25) is 0 Å². The van der Waals surface area contributed by atoms with Gasteiger partial charge in [0.25, 0.3) is 0 Å². The number of nitrogens with zero attached hydrogens (tertiary/aromatic N) is 3. The Balaban J connectivity index is 2.38. The van der Waals surface area contributed by atoms with Crippen LogP contribution in [0.4, 0.5) is 0 Å². The lowest BCUT2D eigenvalue weighted by molar-refractivity contribution is 0.139. The molecule has 0 saturated carbocycles. The van der Waals surface area contributed by atoms with Crippen molar-refractivity contribution in [3.8, 4) is 0 Å². The number of aryl methyl sites for hydroxylation is 1. The van der Waals surface area contributed by atoms with Crippen LogP contribution in [-0.4, -0.2) is 27.7 Å². The normalized spacial score (nSPS) is 11.2. The maximum absolute atomic E-state index is 5.90. The third-order valence-corrected chi connectivity index (χ3v) is 2.83. The summed E-state index contributed by atoms with van der Waals surface area (Å²) in [4.78, 5) is 8.97. The first-order valence-corrected chi connectivity index (χ1v) is 6.26. The molecule has 0 bridgehead atoms. The minimum atomic E-state index is 0.390. The molecule has 2 heterocycles. The largest absolute Gasteiger partial charge is 0.380 e. The van der Waals surface area contributed by atoms with E-state index < -0.39 is 0 Å². The number of hydrogen-bond acceptors (Lipinski definition) is 3. The summed E-state index contributed by atoms with van der Waals surface area (Å²) in [6, 6.07) is 3.94. The molecule has 2 aromatic heterocycles. The molecule has 5 heteroatoms. The fourth-order valence-electron chi connectivity index (χ4n) is 1.78. The van der Waals surface area contributed by atoms with Crippen LogP contribution in [0.2, 0.25) is 0 Å². The Morgan fingerprint density at radius 1 is 1.35 bits per heavy atom. The van der Waals surface area contributed by atoms with Crippen molar-refractivity contribution in [3.63, 3.8) is 0 Å². The first-order chi connectivity index (χ1) is 8.26. The summed E-state index contributed by atoms with van der Waals surface area (Å²) in [5.41, 5.74) is 2.76. The standard InChI is InChI=1S/C12H16ClN3O/c1-3-17-7-6-16-11(8-13)15-10-5-4-9(2)14-12(10)16/h4-5H,3,6-8H2,1-2H3. The number of ether oxygens (including phenoxy) is 1. The Kier molecular flexibility index (Phi) is 3.97. The zero-order chi connectivity index (χ0) is 12.3. The number of rotatable bonds is 5. The number of fused-ring (bicyclic) bond motifs is 1. The van der Waals surface area contributed by atoms with E-state index in [0.29, 0.717) is 12.5 Å². The smallest absolute Gasteiger partial charge is 0.160 e. The average Bonchev–Trinajstić information content (AvgIpc) is 2.67. The van der Waals surface area contributed by atoms with Crippen LogP contribution in [0.1, 0.15) is 18.4 Å². The predicted molar refractivity (Wildman–Crippen MR) is 68.3 cm³/mol. The van der Waals surface area contributed by atoms with Gasteiger partial charge in [-0.2, -0.15) is 0 Å². The van der Waals surface area contributed by atoms with Crippen molar-refractivity contribution >= 4 is 22.8 Å². The van der Waals surface area contributed by atoms with E-state index in [0.717, 1.165) is 35.8 Å². The molecule has 0 aromatic carbocycles. The number of halogens is 1. The zero-order valence-electron chi connectivity index (χ0n) is 10.1. The lowest BCUT2D eigenvalue weighted by Crippen LogP contribution is -2.09. The monoisotopic (exact) mass is 253 g/mol. The maximum Gasteiger partial charge on any atom is 0.160 e. The molecule has 92 valence electrons. The fraction of sp³-hybridized carbons (Fsp3) is 0.500. The molecule has 2 rings (SSSR count). The summed E-state index contributed by atoms with van der Waals surface area (Å²) in [5.74, 6) is 1.24. The summed E-state index contributed by atoms with van der Waals surface area (Å²) >= 11 is 5.90. The van der Waals surface area contributed by atoms with E-state index in [-0.39, 0.29) is 0 Å². The van der Waals surface area contributed by atoms with E-state index in [4.69, 9.17) is 16.3 Å². The predicted octanol–water partition coefficient (Wildman–Crippen LogP) is 2.52. The number of hydrogen-bond donors (Lipinski definition) is 0. The van der Waals surface area contributed by atoms with Crippen molar-refractivity contribution in [1.82, 2.24) is 14.5 Å². The van der Waals surface area contributed by atoms with Crippen LogP contribution in [0.3, 0.4) is 0 Å². The molecule has 0 atom stereocenters. The molecule has 0 aliphatic carbocycles. The Labute approximate surface area is 106 Å². The molecular formula is C12H16ClN3O. The number of aromatic nitrogens is 3. The Morgan fingerprint density at radius 2 is 2.18 bits per heavy atom. The maximum atomic E-state index is 5.90. The average molecular weight is 254 g/mol. The van der Waals surface area contributed by atoms with Crippen LogP contribution >= 0.6 is 11.6 Å². The Bertz CT molecular complexity index is 510. The summed E-state index contributed by atoms with van der Waals surface area (Å²) in [7, 11) is 0. The quantitative estimate of drug-likeness (QED) is 0.607. The first kappa shape index (κ1) is 12.3. The highest BCUT2D eigenvalue weighted by molar-refractivity contribution is 6.16. The molecular weight excluding hydrogens is 238 g/mol. The van der Waals surface area contributed by atoms with Crippen LogP contribution in [0.5, 0.6) is 0 Å². The second-order valence-electron chi connectivity index (χ2n) is 3.81. The van der Waals surface area contributed by atoms with Crippen molar-refractivity contribution in [2.24, 2.45) is 0 Å². The van der Waals surface area contributed by atoms with Crippen LogP contribution in [-0.2, 0) is 17.2 Å². The van der Waals surface area contributed by atoms with E-state index >= 15 is 0 Å². The van der Waals surface area contributed by atoms with Crippen LogP contribution < -0.4 is 0 Å². The molecule has 4 nitrogen and oxygen atoms in total. The van der Waals surface area contributed by atoms with Crippen LogP contribution in [0.25, 0.3) is 11.2 Å². The SMILES string of the molecule is CCOCCn1c(CCl)nc2ccc(C)nc21. The molecule has 17 heavy (non-hydrogen) atoms. The molecule has 2 aromatic rings. The highest BCUT2D eigenvalue weighted by Crippen LogP contribution is 2.16. The van der Waals surface area contributed by atoms with Gasteiger partial charge in [0.05, 0.1) is 12.5 Å². The van der Waals surface area contributed by atoms with E-state index in [2.05, 4.69) is 9.97 Å². The van der Waals surface area contributed by atoms with Gasteiger partial charge < -0.3 is 9.30 Å². The van der Waals surface area contributed by atoms with Gasteiger partial charge in [0, 0.05) is 18.8 Å². The summed E-state index contributed by atoms with van der Waals surface area (Å²) in [5, 5.41) is 0. The molecule has 0 saturated heterocycles. The Morgan fingerprint density at radius 3 is 2.88 bits per heavy atom. The third kappa shape index (κ3) is 2.58. The molecule has 0 amide bonds. The van der Waals surface area contributed by atoms with Gasteiger partial charge in [-0.25, -0.2) is 9.97 Å². The number of pyridine rings is 1. The minimum absolute atomic E-state index is 0.390. The first-order valence-electron chi connectivity index (χ1n) is 5.72. The summed E-state index contributed by atoms with van der Waals surface area (Å²) in [6.07, 6.45) is 0. The van der Waals surface area contributed by atoms with Gasteiger partial charge in [-0.05, 0) is 26.0 Å². The highest BCUT2D eigenvalue weighted by atomic mass is 35.5. The molecule has 0 fully saturated rings. The van der Waals surface area contributed by atoms with E-state index in [1.807, 2.05) is 30.5 Å². The lowest BCUT2D eigenvalue weighted by Gasteiger charge is -2.07. The van der Waals surface area contributed by atoms with Crippen molar-refractivity contribution in [2.45, 2.75) is 26.3 Å². The lowest BCUT2D eigenvalue weighted by atomic mass is 10.3. The molecule has 0 radical (unpaired) electrons. The van der Waals surface area contributed by atoms with Crippen molar-refractivity contribution < 1.29 is 4.74 Å². The van der Waals surface area contributed by atoms with Crippen molar-refractivity contribution in [2.75, 3.05) is 13.2 Å². The second-order valence-corrected chi connectivity index (χ2v) is 4.07.